The van der Waals surface area contributed by atoms with E-state index in [1.807, 2.05) is 31.2 Å². The van der Waals surface area contributed by atoms with Crippen LogP contribution in [0.3, 0.4) is 0 Å². The second kappa shape index (κ2) is 8.89. The number of likely N-dealkylation sites (N-methyl/N-ethyl adjacent to an activating group) is 1. The number of nitrogens with zero attached hydrogens (tertiary/aromatic N) is 1. The van der Waals surface area contributed by atoms with Gasteiger partial charge in [0.2, 0.25) is 11.8 Å². The van der Waals surface area contributed by atoms with Crippen molar-refractivity contribution in [3.05, 3.63) is 35.4 Å². The third-order valence-electron chi connectivity index (χ3n) is 3.33. The number of amides is 2. The van der Waals surface area contributed by atoms with E-state index < -0.39 is 17.9 Å². The maximum absolute atomic E-state index is 12.4. The maximum atomic E-state index is 12.4. The fourth-order valence-electron chi connectivity index (χ4n) is 2.18. The molecule has 1 aromatic carbocycles. The van der Waals surface area contributed by atoms with Gasteiger partial charge in [0.05, 0.1) is 13.0 Å². The fraction of sp³-hybridized carbons (Fsp3) is 0.438. The minimum Gasteiger partial charge on any atom is -0.481 e. The van der Waals surface area contributed by atoms with Gasteiger partial charge in [0, 0.05) is 6.54 Å². The largest absolute Gasteiger partial charge is 0.481 e. The molecule has 126 valence electrons. The zero-order valence-electron chi connectivity index (χ0n) is 13.6. The summed E-state index contributed by atoms with van der Waals surface area (Å²) in [6.07, 6.45) is -0.150. The molecule has 0 saturated carbocycles. The van der Waals surface area contributed by atoms with E-state index in [0.717, 1.165) is 11.1 Å². The highest BCUT2D eigenvalue weighted by Crippen LogP contribution is 2.21. The molecule has 1 aromatic rings. The molecule has 0 saturated heterocycles. The lowest BCUT2D eigenvalue weighted by Gasteiger charge is -2.25. The zero-order valence-corrected chi connectivity index (χ0v) is 13.6. The minimum atomic E-state index is -0.985. The van der Waals surface area contributed by atoms with Gasteiger partial charge >= 0.3 is 5.97 Å². The number of carboxylic acid groups (broad SMARTS) is 1. The maximum Gasteiger partial charge on any atom is 0.305 e. The van der Waals surface area contributed by atoms with Crippen LogP contribution in [0, 0.1) is 6.92 Å². The smallest absolute Gasteiger partial charge is 0.305 e. The highest BCUT2D eigenvalue weighted by molar-refractivity contribution is 5.88. The van der Waals surface area contributed by atoms with E-state index >= 15 is 0 Å². The Hall–Kier alpha value is -2.41. The van der Waals surface area contributed by atoms with Gasteiger partial charge in [0.25, 0.3) is 0 Å². The first-order chi connectivity index (χ1) is 10.8. The number of hydrogen-bond donors (Lipinski definition) is 3. The van der Waals surface area contributed by atoms with E-state index in [2.05, 4.69) is 10.6 Å². The molecule has 0 bridgehead atoms. The van der Waals surface area contributed by atoms with Gasteiger partial charge in [-0.25, -0.2) is 0 Å². The summed E-state index contributed by atoms with van der Waals surface area (Å²) < 4.78 is 0. The Kier molecular flexibility index (Phi) is 7.21. The van der Waals surface area contributed by atoms with E-state index in [0.29, 0.717) is 0 Å². The third kappa shape index (κ3) is 6.07. The molecule has 1 rings (SSSR count). The molecule has 23 heavy (non-hydrogen) atoms. The molecule has 0 aliphatic heterocycles. The summed E-state index contributed by atoms with van der Waals surface area (Å²) in [5, 5.41) is 13.5. The third-order valence-corrected chi connectivity index (χ3v) is 3.33. The van der Waals surface area contributed by atoms with Crippen LogP contribution in [0.4, 0.5) is 0 Å². The molecular weight excluding hydrogens is 298 g/mol. The van der Waals surface area contributed by atoms with Crippen molar-refractivity contribution >= 4 is 17.8 Å². The predicted octanol–water partition coefficient (Wildman–Crippen LogP) is 0.305. The number of carboxylic acids is 1. The average Bonchev–Trinajstić information content (AvgIpc) is 2.46. The van der Waals surface area contributed by atoms with Gasteiger partial charge in [0.1, 0.15) is 6.04 Å². The van der Waals surface area contributed by atoms with Crippen molar-refractivity contribution in [2.45, 2.75) is 19.4 Å². The summed E-state index contributed by atoms with van der Waals surface area (Å²) in [6.45, 7) is 1.78. The Morgan fingerprint density at radius 1 is 1.17 bits per heavy atom. The van der Waals surface area contributed by atoms with Crippen LogP contribution in [0.25, 0.3) is 0 Å². The van der Waals surface area contributed by atoms with Crippen LogP contribution in [0.2, 0.25) is 0 Å². The van der Waals surface area contributed by atoms with Crippen molar-refractivity contribution in [2.75, 3.05) is 27.2 Å². The van der Waals surface area contributed by atoms with Crippen molar-refractivity contribution in [3.8, 4) is 0 Å². The Labute approximate surface area is 135 Å². The van der Waals surface area contributed by atoms with Crippen molar-refractivity contribution < 1.29 is 19.5 Å². The molecule has 0 aliphatic rings. The number of carbonyl (C=O) groups is 3. The van der Waals surface area contributed by atoms with Gasteiger partial charge < -0.3 is 15.7 Å². The zero-order chi connectivity index (χ0) is 17.4. The number of benzene rings is 1. The number of hydrogen-bond acceptors (Lipinski definition) is 4. The van der Waals surface area contributed by atoms with Gasteiger partial charge in [0.15, 0.2) is 0 Å². The molecule has 1 atom stereocenters. The van der Waals surface area contributed by atoms with Crippen LogP contribution in [0.15, 0.2) is 24.3 Å². The molecule has 0 aliphatic carbocycles. The quantitative estimate of drug-likeness (QED) is 0.640. The average molecular weight is 321 g/mol. The van der Waals surface area contributed by atoms with Crippen molar-refractivity contribution in [2.24, 2.45) is 0 Å². The number of aliphatic carboxylic acids is 1. The second-order valence-corrected chi connectivity index (χ2v) is 5.43. The van der Waals surface area contributed by atoms with Gasteiger partial charge in [-0.05, 0) is 32.1 Å². The lowest BCUT2D eigenvalue weighted by Crippen LogP contribution is -2.42. The number of aryl methyl sites for hydroxylation is 1. The summed E-state index contributed by atoms with van der Waals surface area (Å²) in [7, 11) is 3.59. The molecule has 3 N–H and O–H groups in total. The molecule has 0 spiro atoms. The highest BCUT2D eigenvalue weighted by atomic mass is 16.4. The molecule has 2 amide bonds. The van der Waals surface area contributed by atoms with E-state index in [1.165, 1.54) is 0 Å². The number of carbonyl (C=O) groups excluding carboxylic acids is 2. The minimum absolute atomic E-state index is 0.0406. The first-order valence-electron chi connectivity index (χ1n) is 7.31. The summed E-state index contributed by atoms with van der Waals surface area (Å²) >= 11 is 0. The van der Waals surface area contributed by atoms with Crippen LogP contribution < -0.4 is 10.6 Å². The van der Waals surface area contributed by atoms with Crippen LogP contribution >= 0.6 is 0 Å². The molecule has 0 aromatic heterocycles. The Balaban J connectivity index is 2.61. The summed E-state index contributed by atoms with van der Waals surface area (Å²) in [6, 6.07) is 7.08. The normalized spacial score (nSPS) is 11.8. The van der Waals surface area contributed by atoms with E-state index in [9.17, 15) is 14.4 Å². The predicted molar refractivity (Wildman–Crippen MR) is 85.9 cm³/mol. The van der Waals surface area contributed by atoms with Gasteiger partial charge in [-0.15, -0.1) is 0 Å². The Bertz CT molecular complexity index is 572. The topological polar surface area (TPSA) is 98.7 Å². The first kappa shape index (κ1) is 18.6. The first-order valence-corrected chi connectivity index (χ1v) is 7.31. The van der Waals surface area contributed by atoms with E-state index in [1.54, 1.807) is 19.0 Å². The standard InChI is InChI=1S/C16H23N3O4/c1-11-6-4-5-7-12(11)15(19(2)3)16(23)18-10-13(20)17-9-8-14(21)22/h4-7,15H,8-10H2,1-3H3,(H,17,20)(H,18,23)(H,21,22)/t15-/m1/s1. The van der Waals surface area contributed by atoms with Crippen LogP contribution in [-0.2, 0) is 14.4 Å². The second-order valence-electron chi connectivity index (χ2n) is 5.43. The monoisotopic (exact) mass is 321 g/mol. The van der Waals surface area contributed by atoms with E-state index in [-0.39, 0.29) is 25.4 Å². The fourth-order valence-corrected chi connectivity index (χ4v) is 2.18. The van der Waals surface area contributed by atoms with E-state index in [4.69, 9.17) is 5.11 Å². The Morgan fingerprint density at radius 3 is 2.39 bits per heavy atom. The lowest BCUT2D eigenvalue weighted by molar-refractivity contribution is -0.137. The SMILES string of the molecule is Cc1ccccc1[C@H](C(=O)NCC(=O)NCCC(=O)O)N(C)C. The molecule has 7 heteroatoms. The van der Waals surface area contributed by atoms with Crippen LogP contribution in [0.5, 0.6) is 0 Å². The number of nitrogens with one attached hydrogen (secondary N) is 2. The molecule has 0 unspecified atom stereocenters. The van der Waals surface area contributed by atoms with Gasteiger partial charge in [-0.3, -0.25) is 19.3 Å². The summed E-state index contributed by atoms with van der Waals surface area (Å²) in [4.78, 5) is 36.1. The molecule has 0 heterocycles. The van der Waals surface area contributed by atoms with Gasteiger partial charge in [-0.1, -0.05) is 24.3 Å². The van der Waals surface area contributed by atoms with Crippen molar-refractivity contribution in [1.82, 2.24) is 15.5 Å². The van der Waals surface area contributed by atoms with Crippen molar-refractivity contribution in [3.63, 3.8) is 0 Å². The molecule has 0 fully saturated rings. The lowest BCUT2D eigenvalue weighted by atomic mass is 10.00. The summed E-state index contributed by atoms with van der Waals surface area (Å²) in [5.41, 5.74) is 1.87. The summed E-state index contributed by atoms with van der Waals surface area (Å²) in [5.74, 6) is -1.68. The Morgan fingerprint density at radius 2 is 1.83 bits per heavy atom. The van der Waals surface area contributed by atoms with Crippen LogP contribution in [-0.4, -0.2) is 55.0 Å². The van der Waals surface area contributed by atoms with Crippen molar-refractivity contribution in [1.29, 1.82) is 0 Å². The van der Waals surface area contributed by atoms with Gasteiger partial charge in [-0.2, -0.15) is 0 Å². The highest BCUT2D eigenvalue weighted by Gasteiger charge is 2.24. The molecule has 7 nitrogen and oxygen atoms in total. The van der Waals surface area contributed by atoms with Crippen LogP contribution in [0.1, 0.15) is 23.6 Å². The molecular formula is C16H23N3O4. The number of rotatable bonds is 8. The molecule has 0 radical (unpaired) electrons.